The summed E-state index contributed by atoms with van der Waals surface area (Å²) in [4.78, 5) is 26.3. The summed E-state index contributed by atoms with van der Waals surface area (Å²) >= 11 is 0. The number of oxime groups is 1. The van der Waals surface area contributed by atoms with Gasteiger partial charge < -0.3 is 29.3 Å². The lowest BCUT2D eigenvalue weighted by Crippen LogP contribution is -2.65. The molecule has 14 heteroatoms. The average molecular weight is 568 g/mol. The molecule has 0 radical (unpaired) electrons. The molecular formula is C27H37BN6O7. The molecule has 2 bridgehead atoms. The Morgan fingerprint density at radius 2 is 2.05 bits per heavy atom. The number of aromatic amines is 1. The number of tetrazole rings is 1. The van der Waals surface area contributed by atoms with Crippen molar-refractivity contribution in [3.8, 4) is 5.75 Å². The predicted octanol–water partition coefficient (Wildman–Crippen LogP) is 2.34. The van der Waals surface area contributed by atoms with Crippen LogP contribution in [-0.2, 0) is 25.3 Å². The van der Waals surface area contributed by atoms with Gasteiger partial charge in [0.1, 0.15) is 16.9 Å². The molecule has 1 amide bonds. The predicted molar refractivity (Wildman–Crippen MR) is 146 cm³/mol. The van der Waals surface area contributed by atoms with Gasteiger partial charge in [-0.2, -0.15) is 5.21 Å². The first-order chi connectivity index (χ1) is 19.3. The molecule has 1 aromatic carbocycles. The van der Waals surface area contributed by atoms with E-state index in [-0.39, 0.29) is 29.3 Å². The van der Waals surface area contributed by atoms with E-state index in [2.05, 4.69) is 51.9 Å². The van der Waals surface area contributed by atoms with E-state index < -0.39 is 41.8 Å². The van der Waals surface area contributed by atoms with Gasteiger partial charge in [-0.15, -0.1) is 10.2 Å². The number of esters is 1. The normalized spacial score (nSPS) is 27.4. The third-order valence-electron chi connectivity index (χ3n) is 8.85. The summed E-state index contributed by atoms with van der Waals surface area (Å²) in [6, 6.07) is 5.16. The number of benzene rings is 1. The van der Waals surface area contributed by atoms with Gasteiger partial charge in [-0.25, -0.2) is 4.79 Å². The molecule has 1 aromatic heterocycles. The van der Waals surface area contributed by atoms with E-state index in [1.54, 1.807) is 39.0 Å². The van der Waals surface area contributed by atoms with Gasteiger partial charge in [-0.1, -0.05) is 31.1 Å². The zero-order chi connectivity index (χ0) is 29.7. The lowest BCUT2D eigenvalue weighted by atomic mass is 9.43. The van der Waals surface area contributed by atoms with Crippen LogP contribution < -0.4 is 10.1 Å². The molecule has 220 valence electrons. The zero-order valence-electron chi connectivity index (χ0n) is 24.4. The number of nitrogens with zero attached hydrogens (tertiary/aromatic N) is 4. The molecule has 1 unspecified atom stereocenters. The highest BCUT2D eigenvalue weighted by molar-refractivity contribution is 6.50. The van der Waals surface area contributed by atoms with Gasteiger partial charge in [-0.05, 0) is 81.1 Å². The fraction of sp³-hybridized carbons (Fsp3) is 0.630. The molecule has 4 fully saturated rings. The summed E-state index contributed by atoms with van der Waals surface area (Å²) in [6.07, 6.45) is 1.96. The van der Waals surface area contributed by atoms with Crippen LogP contribution in [0.15, 0.2) is 23.4 Å². The molecular weight excluding hydrogens is 531 g/mol. The van der Waals surface area contributed by atoms with Crippen LogP contribution in [0.4, 0.5) is 0 Å². The molecule has 3 N–H and O–H groups in total. The van der Waals surface area contributed by atoms with Gasteiger partial charge in [0, 0.05) is 0 Å². The van der Waals surface area contributed by atoms with Crippen molar-refractivity contribution in [3.63, 3.8) is 0 Å². The van der Waals surface area contributed by atoms with Crippen molar-refractivity contribution in [2.24, 2.45) is 22.4 Å². The maximum Gasteiger partial charge on any atom is 0.482 e. The van der Waals surface area contributed by atoms with Crippen LogP contribution >= 0.6 is 0 Å². The first-order valence-electron chi connectivity index (χ1n) is 13.8. The Balaban J connectivity index is 1.46. The number of para-hydroxylation sites is 1. The second kappa shape index (κ2) is 10.4. The third-order valence-corrected chi connectivity index (χ3v) is 8.85. The van der Waals surface area contributed by atoms with Crippen molar-refractivity contribution in [3.05, 3.63) is 35.2 Å². The van der Waals surface area contributed by atoms with E-state index >= 15 is 0 Å². The van der Waals surface area contributed by atoms with Crippen LogP contribution in [0.2, 0.25) is 0 Å². The molecule has 3 aliphatic carbocycles. The fourth-order valence-corrected chi connectivity index (χ4v) is 6.69. The number of amides is 1. The topological polar surface area (TPSA) is 170 Å². The van der Waals surface area contributed by atoms with Gasteiger partial charge in [0.2, 0.25) is 11.5 Å². The average Bonchev–Trinajstić information content (AvgIpc) is 3.55. The van der Waals surface area contributed by atoms with E-state index in [9.17, 15) is 14.8 Å². The standard InChI is InChI=1S/C27H37BN6O7/c1-25(2,3)39-24(36)16-10-8-9-14(21(16)38-7)11-19(29-23(35)20(32-37)22-30-33-34-31-22)28-40-18-13-15-12-17(26(15,4)5)27(18,6)41-28/h8-10,15,17-19,37H,11-13H2,1-7H3,(H,29,35)(H,30,31,33,34)/b32-20-/t15-,17-,18+,19?,27-/m0/s1. The number of hydrogen-bond donors (Lipinski definition) is 3. The monoisotopic (exact) mass is 568 g/mol. The number of H-pyrrole nitrogens is 1. The van der Waals surface area contributed by atoms with Crippen molar-refractivity contribution >= 4 is 24.7 Å². The lowest BCUT2D eigenvalue weighted by molar-refractivity contribution is -0.199. The summed E-state index contributed by atoms with van der Waals surface area (Å²) in [5.41, 5.74) is -0.650. The Labute approximate surface area is 238 Å². The van der Waals surface area contributed by atoms with Crippen LogP contribution in [0, 0.1) is 17.3 Å². The summed E-state index contributed by atoms with van der Waals surface area (Å²) in [5, 5.41) is 28.8. The second-order valence-electron chi connectivity index (χ2n) is 12.8. The maximum atomic E-state index is 13.3. The molecule has 4 aliphatic rings. The molecule has 2 aromatic rings. The Morgan fingerprint density at radius 3 is 2.66 bits per heavy atom. The summed E-state index contributed by atoms with van der Waals surface area (Å²) < 4.78 is 24.4. The number of aromatic nitrogens is 4. The molecule has 13 nitrogen and oxygen atoms in total. The molecule has 1 aliphatic heterocycles. The molecule has 3 saturated carbocycles. The molecule has 1 saturated heterocycles. The largest absolute Gasteiger partial charge is 0.496 e. The third kappa shape index (κ3) is 5.18. The highest BCUT2D eigenvalue weighted by Crippen LogP contribution is 2.65. The van der Waals surface area contributed by atoms with Crippen molar-refractivity contribution in [2.45, 2.75) is 84.1 Å². The van der Waals surface area contributed by atoms with Crippen molar-refractivity contribution in [1.29, 1.82) is 0 Å². The van der Waals surface area contributed by atoms with E-state index in [4.69, 9.17) is 18.8 Å². The van der Waals surface area contributed by atoms with Crippen LogP contribution in [0.3, 0.4) is 0 Å². The first kappa shape index (κ1) is 29.0. The van der Waals surface area contributed by atoms with E-state index in [0.29, 0.717) is 23.1 Å². The fourth-order valence-electron chi connectivity index (χ4n) is 6.69. The smallest absolute Gasteiger partial charge is 0.482 e. The molecule has 6 rings (SSSR count). The van der Waals surface area contributed by atoms with Crippen molar-refractivity contribution < 1.29 is 33.6 Å². The lowest BCUT2D eigenvalue weighted by Gasteiger charge is -2.64. The number of carbonyl (C=O) groups excluding carboxylic acids is 2. The van der Waals surface area contributed by atoms with Crippen LogP contribution in [0.25, 0.3) is 0 Å². The zero-order valence-corrected chi connectivity index (χ0v) is 24.4. The number of carbonyl (C=O) groups is 2. The SMILES string of the molecule is COc1c(CC(NC(=O)/C(=N\O)c2nn[nH]n2)B2O[C@@H]3C[C@@H]4C[C@@H](C4(C)C)[C@]3(C)O2)cccc1C(=O)OC(C)(C)C. The Kier molecular flexibility index (Phi) is 7.35. The van der Waals surface area contributed by atoms with Crippen LogP contribution in [-0.4, -0.2) is 80.9 Å². The Bertz CT molecular complexity index is 1340. The number of ether oxygens (including phenoxy) is 2. The summed E-state index contributed by atoms with van der Waals surface area (Å²) in [5.74, 6) is -1.06. The highest BCUT2D eigenvalue weighted by atomic mass is 16.7. The number of hydrogen-bond acceptors (Lipinski definition) is 11. The van der Waals surface area contributed by atoms with Crippen molar-refractivity contribution in [2.75, 3.05) is 7.11 Å². The highest BCUT2D eigenvalue weighted by Gasteiger charge is 2.68. The van der Waals surface area contributed by atoms with Gasteiger partial charge in [0.15, 0.2) is 0 Å². The first-order valence-corrected chi connectivity index (χ1v) is 13.8. The van der Waals surface area contributed by atoms with Gasteiger partial charge in [-0.3, -0.25) is 4.79 Å². The minimum absolute atomic E-state index is 0.128. The maximum absolute atomic E-state index is 13.3. The summed E-state index contributed by atoms with van der Waals surface area (Å²) in [7, 11) is 0.643. The Morgan fingerprint density at radius 1 is 1.29 bits per heavy atom. The Hall–Kier alpha value is -3.52. The van der Waals surface area contributed by atoms with Crippen molar-refractivity contribution in [1.82, 2.24) is 25.9 Å². The molecule has 0 spiro atoms. The van der Waals surface area contributed by atoms with E-state index in [1.807, 2.05) is 0 Å². The second-order valence-corrected chi connectivity index (χ2v) is 12.8. The van der Waals surface area contributed by atoms with Gasteiger partial charge in [0.05, 0.1) is 24.8 Å². The minimum Gasteiger partial charge on any atom is -0.496 e. The van der Waals surface area contributed by atoms with E-state index in [1.165, 1.54) is 7.11 Å². The number of rotatable bonds is 8. The van der Waals surface area contributed by atoms with Gasteiger partial charge in [0.25, 0.3) is 5.91 Å². The molecule has 41 heavy (non-hydrogen) atoms. The number of nitrogens with one attached hydrogen (secondary N) is 2. The summed E-state index contributed by atoms with van der Waals surface area (Å²) in [6.45, 7) is 12.0. The van der Waals surface area contributed by atoms with E-state index in [0.717, 1.165) is 12.8 Å². The number of methoxy groups -OCH3 is 1. The quantitative estimate of drug-likeness (QED) is 0.141. The molecule has 2 heterocycles. The minimum atomic E-state index is -0.829. The van der Waals surface area contributed by atoms with Crippen LogP contribution in [0.5, 0.6) is 5.75 Å². The molecule has 5 atom stereocenters. The van der Waals surface area contributed by atoms with Crippen LogP contribution in [0.1, 0.15) is 76.1 Å². The van der Waals surface area contributed by atoms with Gasteiger partial charge >= 0.3 is 13.1 Å².